The van der Waals surface area contributed by atoms with Crippen molar-refractivity contribution in [2.75, 3.05) is 7.11 Å². The highest BCUT2D eigenvalue weighted by Crippen LogP contribution is 2.23. The van der Waals surface area contributed by atoms with Crippen LogP contribution >= 0.6 is 0 Å². The molecule has 0 aliphatic rings. The third-order valence-corrected chi connectivity index (χ3v) is 2.74. The predicted molar refractivity (Wildman–Crippen MR) is 64.2 cm³/mol. The predicted octanol–water partition coefficient (Wildman–Crippen LogP) is 2.42. The van der Waals surface area contributed by atoms with Crippen LogP contribution in [0, 0.1) is 11.6 Å². The van der Waals surface area contributed by atoms with E-state index in [0.29, 0.717) is 6.54 Å². The third kappa shape index (κ3) is 2.21. The van der Waals surface area contributed by atoms with E-state index in [0.717, 1.165) is 6.07 Å². The van der Waals surface area contributed by atoms with Crippen molar-refractivity contribution >= 4 is 5.78 Å². The summed E-state index contributed by atoms with van der Waals surface area (Å²) in [5, 5.41) is 3.96. The Labute approximate surface area is 108 Å². The fraction of sp³-hybridized carbons (Fsp3) is 0.231. The van der Waals surface area contributed by atoms with Gasteiger partial charge in [0, 0.05) is 6.54 Å². The molecule has 0 spiro atoms. The van der Waals surface area contributed by atoms with Crippen LogP contribution in [0.1, 0.15) is 23.0 Å². The Morgan fingerprint density at radius 1 is 1.42 bits per heavy atom. The number of nitrogens with zero attached hydrogens (tertiary/aromatic N) is 2. The molecule has 19 heavy (non-hydrogen) atoms. The van der Waals surface area contributed by atoms with Gasteiger partial charge in [0.15, 0.2) is 23.1 Å². The Kier molecular flexibility index (Phi) is 3.59. The second kappa shape index (κ2) is 5.17. The van der Waals surface area contributed by atoms with Crippen molar-refractivity contribution in [1.82, 2.24) is 9.78 Å². The van der Waals surface area contributed by atoms with Crippen LogP contribution in [-0.2, 0) is 6.54 Å². The lowest BCUT2D eigenvalue weighted by Gasteiger charge is -2.07. The average molecular weight is 266 g/mol. The second-order valence-corrected chi connectivity index (χ2v) is 3.81. The highest BCUT2D eigenvalue weighted by Gasteiger charge is 2.24. The SMILES string of the molecule is CCn1ncc(OC)c1C(=O)c1cccc(F)c1F. The van der Waals surface area contributed by atoms with Gasteiger partial charge in [0.05, 0.1) is 18.9 Å². The lowest BCUT2D eigenvalue weighted by Crippen LogP contribution is -2.13. The highest BCUT2D eigenvalue weighted by atomic mass is 19.2. The van der Waals surface area contributed by atoms with Gasteiger partial charge in [-0.25, -0.2) is 8.78 Å². The first kappa shape index (κ1) is 13.2. The van der Waals surface area contributed by atoms with E-state index in [1.165, 1.54) is 30.1 Å². The van der Waals surface area contributed by atoms with Crippen LogP contribution in [-0.4, -0.2) is 22.7 Å². The van der Waals surface area contributed by atoms with Gasteiger partial charge in [-0.1, -0.05) is 6.07 Å². The molecule has 0 N–H and O–H groups in total. The zero-order chi connectivity index (χ0) is 14.0. The standard InChI is InChI=1S/C13H12F2N2O2/c1-3-17-12(10(19-2)7-16-17)13(18)8-5-4-6-9(14)11(8)15/h4-7H,3H2,1-2H3. The molecule has 6 heteroatoms. The zero-order valence-corrected chi connectivity index (χ0v) is 10.5. The summed E-state index contributed by atoms with van der Waals surface area (Å²) in [6.45, 7) is 2.20. The van der Waals surface area contributed by atoms with Crippen LogP contribution < -0.4 is 4.74 Å². The minimum atomic E-state index is -1.17. The van der Waals surface area contributed by atoms with E-state index in [1.807, 2.05) is 0 Å². The first-order valence-electron chi connectivity index (χ1n) is 5.68. The van der Waals surface area contributed by atoms with Crippen molar-refractivity contribution in [3.63, 3.8) is 0 Å². The first-order chi connectivity index (χ1) is 9.10. The van der Waals surface area contributed by atoms with Gasteiger partial charge < -0.3 is 4.74 Å². The van der Waals surface area contributed by atoms with E-state index in [4.69, 9.17) is 4.74 Å². The monoisotopic (exact) mass is 266 g/mol. The van der Waals surface area contributed by atoms with Crippen molar-refractivity contribution in [2.24, 2.45) is 0 Å². The number of ether oxygens (including phenoxy) is 1. The van der Waals surface area contributed by atoms with Gasteiger partial charge in [-0.05, 0) is 19.1 Å². The Morgan fingerprint density at radius 2 is 2.16 bits per heavy atom. The summed E-state index contributed by atoms with van der Waals surface area (Å²) < 4.78 is 33.2. The molecule has 0 bridgehead atoms. The van der Waals surface area contributed by atoms with Crippen LogP contribution in [0.5, 0.6) is 5.75 Å². The van der Waals surface area contributed by atoms with E-state index in [2.05, 4.69) is 5.10 Å². The van der Waals surface area contributed by atoms with Crippen LogP contribution in [0.15, 0.2) is 24.4 Å². The lowest BCUT2D eigenvalue weighted by atomic mass is 10.1. The molecule has 0 atom stereocenters. The molecule has 1 aromatic carbocycles. The van der Waals surface area contributed by atoms with Crippen molar-refractivity contribution in [3.8, 4) is 5.75 Å². The molecule has 1 aromatic heterocycles. The number of hydrogen-bond donors (Lipinski definition) is 0. The van der Waals surface area contributed by atoms with Crippen LogP contribution in [0.4, 0.5) is 8.78 Å². The Hall–Kier alpha value is -2.24. The Bertz CT molecular complexity index is 602. The molecule has 0 fully saturated rings. The molecular formula is C13H12F2N2O2. The summed E-state index contributed by atoms with van der Waals surface area (Å²) >= 11 is 0. The third-order valence-electron chi connectivity index (χ3n) is 2.74. The molecule has 0 aliphatic carbocycles. The van der Waals surface area contributed by atoms with Crippen LogP contribution in [0.25, 0.3) is 0 Å². The number of carbonyl (C=O) groups excluding carboxylic acids is 1. The quantitative estimate of drug-likeness (QED) is 0.798. The molecule has 0 radical (unpaired) electrons. The van der Waals surface area contributed by atoms with E-state index in [9.17, 15) is 13.6 Å². The van der Waals surface area contributed by atoms with Gasteiger partial charge in [-0.2, -0.15) is 5.10 Å². The molecule has 2 rings (SSSR count). The fourth-order valence-corrected chi connectivity index (χ4v) is 1.79. The number of hydrogen-bond acceptors (Lipinski definition) is 3. The summed E-state index contributed by atoms with van der Waals surface area (Å²) in [7, 11) is 1.38. The average Bonchev–Trinajstić information content (AvgIpc) is 2.84. The van der Waals surface area contributed by atoms with Gasteiger partial charge in [-0.15, -0.1) is 0 Å². The first-order valence-corrected chi connectivity index (χ1v) is 5.68. The maximum absolute atomic E-state index is 13.6. The van der Waals surface area contributed by atoms with Crippen molar-refractivity contribution in [2.45, 2.75) is 13.5 Å². The van der Waals surface area contributed by atoms with Crippen LogP contribution in [0.3, 0.4) is 0 Å². The topological polar surface area (TPSA) is 44.1 Å². The molecule has 0 amide bonds. The second-order valence-electron chi connectivity index (χ2n) is 3.81. The molecule has 0 aliphatic heterocycles. The van der Waals surface area contributed by atoms with Gasteiger partial charge >= 0.3 is 0 Å². The number of aromatic nitrogens is 2. The van der Waals surface area contributed by atoms with Crippen molar-refractivity contribution < 1.29 is 18.3 Å². The van der Waals surface area contributed by atoms with Crippen molar-refractivity contribution in [1.29, 1.82) is 0 Å². The maximum Gasteiger partial charge on any atom is 0.217 e. The number of rotatable bonds is 4. The Morgan fingerprint density at radius 3 is 2.79 bits per heavy atom. The molecule has 4 nitrogen and oxygen atoms in total. The molecule has 0 saturated carbocycles. The number of carbonyl (C=O) groups is 1. The minimum absolute atomic E-state index is 0.106. The summed E-state index contributed by atoms with van der Waals surface area (Å²) in [6.07, 6.45) is 1.37. The van der Waals surface area contributed by atoms with Crippen LogP contribution in [0.2, 0.25) is 0 Å². The number of aryl methyl sites for hydroxylation is 1. The van der Waals surface area contributed by atoms with E-state index in [1.54, 1.807) is 6.92 Å². The molecular weight excluding hydrogens is 254 g/mol. The normalized spacial score (nSPS) is 10.5. The molecule has 0 unspecified atom stereocenters. The number of methoxy groups -OCH3 is 1. The maximum atomic E-state index is 13.6. The molecule has 2 aromatic rings. The molecule has 1 heterocycles. The fourth-order valence-electron chi connectivity index (χ4n) is 1.79. The van der Waals surface area contributed by atoms with E-state index >= 15 is 0 Å². The number of ketones is 1. The number of benzene rings is 1. The Balaban J connectivity index is 2.55. The van der Waals surface area contributed by atoms with E-state index in [-0.39, 0.29) is 17.0 Å². The summed E-state index contributed by atoms with van der Waals surface area (Å²) in [6, 6.07) is 3.47. The van der Waals surface area contributed by atoms with Gasteiger partial charge in [0.25, 0.3) is 0 Å². The van der Waals surface area contributed by atoms with Gasteiger partial charge in [-0.3, -0.25) is 9.48 Å². The highest BCUT2D eigenvalue weighted by molar-refractivity contribution is 6.09. The van der Waals surface area contributed by atoms with Crippen molar-refractivity contribution in [3.05, 3.63) is 47.3 Å². The molecule has 0 saturated heterocycles. The zero-order valence-electron chi connectivity index (χ0n) is 10.5. The number of halogens is 2. The van der Waals surface area contributed by atoms with Gasteiger partial charge in [0.2, 0.25) is 5.78 Å². The van der Waals surface area contributed by atoms with Gasteiger partial charge in [0.1, 0.15) is 0 Å². The minimum Gasteiger partial charge on any atom is -0.493 e. The van der Waals surface area contributed by atoms with E-state index < -0.39 is 17.4 Å². The summed E-state index contributed by atoms with van der Waals surface area (Å²) in [4.78, 5) is 12.3. The summed E-state index contributed by atoms with van der Waals surface area (Å²) in [5.41, 5.74) is -0.233. The summed E-state index contributed by atoms with van der Waals surface area (Å²) in [5.74, 6) is -2.66. The molecule has 100 valence electrons. The smallest absolute Gasteiger partial charge is 0.217 e. The largest absolute Gasteiger partial charge is 0.493 e. The lowest BCUT2D eigenvalue weighted by molar-refractivity contribution is 0.102.